The van der Waals surface area contributed by atoms with E-state index in [0.29, 0.717) is 13.1 Å². The molecule has 1 aliphatic rings. The van der Waals surface area contributed by atoms with Gasteiger partial charge in [-0.05, 0) is 41.5 Å². The summed E-state index contributed by atoms with van der Waals surface area (Å²) in [5, 5.41) is 5.94. The van der Waals surface area contributed by atoms with Gasteiger partial charge in [-0.1, -0.05) is 0 Å². The number of ether oxygens (including phenoxy) is 1. The van der Waals surface area contributed by atoms with Crippen LogP contribution in [0.1, 0.15) is 41.5 Å². The summed E-state index contributed by atoms with van der Waals surface area (Å²) >= 11 is 0. The summed E-state index contributed by atoms with van der Waals surface area (Å²) in [5.41, 5.74) is -1.55. The van der Waals surface area contributed by atoms with Gasteiger partial charge < -0.3 is 20.3 Å². The lowest BCUT2D eigenvalue weighted by molar-refractivity contribution is -0.138. The number of carbonyl (C=O) groups is 2. The predicted molar refractivity (Wildman–Crippen MR) is 77.5 cm³/mol. The van der Waals surface area contributed by atoms with Crippen LogP contribution in [0.25, 0.3) is 0 Å². The second kappa shape index (κ2) is 5.99. The standard InChI is InChI=1S/C14H27N3O3/c1-10-9-17(8-7-15-10)11(18)14(5,6)16-12(19)20-13(2,3)4/h10,15H,7-9H2,1-6H3,(H,16,19). The van der Waals surface area contributed by atoms with Crippen LogP contribution in [0.2, 0.25) is 0 Å². The largest absolute Gasteiger partial charge is 0.444 e. The number of amides is 2. The Morgan fingerprint density at radius 1 is 1.25 bits per heavy atom. The van der Waals surface area contributed by atoms with Crippen LogP contribution >= 0.6 is 0 Å². The Kier molecular flexibility index (Phi) is 5.02. The van der Waals surface area contributed by atoms with Crippen molar-refractivity contribution in [3.63, 3.8) is 0 Å². The maximum atomic E-state index is 12.5. The van der Waals surface area contributed by atoms with Gasteiger partial charge in [-0.3, -0.25) is 4.79 Å². The molecule has 1 unspecified atom stereocenters. The fourth-order valence-electron chi connectivity index (χ4n) is 2.12. The Labute approximate surface area is 121 Å². The first kappa shape index (κ1) is 16.8. The molecule has 116 valence electrons. The number of rotatable bonds is 2. The summed E-state index contributed by atoms with van der Waals surface area (Å²) < 4.78 is 5.20. The SMILES string of the molecule is CC1CN(C(=O)C(C)(C)NC(=O)OC(C)(C)C)CCN1. The van der Waals surface area contributed by atoms with Gasteiger partial charge in [0.25, 0.3) is 0 Å². The Morgan fingerprint density at radius 3 is 2.35 bits per heavy atom. The minimum atomic E-state index is -0.973. The van der Waals surface area contributed by atoms with E-state index < -0.39 is 17.2 Å². The van der Waals surface area contributed by atoms with Gasteiger partial charge in [0.2, 0.25) is 5.91 Å². The van der Waals surface area contributed by atoms with Gasteiger partial charge in [-0.25, -0.2) is 4.79 Å². The average molecular weight is 285 g/mol. The third kappa shape index (κ3) is 5.00. The van der Waals surface area contributed by atoms with E-state index in [-0.39, 0.29) is 11.9 Å². The van der Waals surface area contributed by atoms with Crippen LogP contribution in [0.15, 0.2) is 0 Å². The highest BCUT2D eigenvalue weighted by molar-refractivity contribution is 5.89. The minimum Gasteiger partial charge on any atom is -0.444 e. The molecule has 1 aliphatic heterocycles. The van der Waals surface area contributed by atoms with Crippen molar-refractivity contribution in [3.8, 4) is 0 Å². The van der Waals surface area contributed by atoms with Crippen molar-refractivity contribution in [2.24, 2.45) is 0 Å². The van der Waals surface area contributed by atoms with Gasteiger partial charge in [-0.2, -0.15) is 0 Å². The smallest absolute Gasteiger partial charge is 0.408 e. The van der Waals surface area contributed by atoms with Gasteiger partial charge >= 0.3 is 6.09 Å². The highest BCUT2D eigenvalue weighted by Gasteiger charge is 2.36. The number of alkyl carbamates (subject to hydrolysis) is 1. The molecule has 20 heavy (non-hydrogen) atoms. The van der Waals surface area contributed by atoms with Crippen molar-refractivity contribution >= 4 is 12.0 Å². The van der Waals surface area contributed by atoms with Crippen LogP contribution in [-0.2, 0) is 9.53 Å². The van der Waals surface area contributed by atoms with Crippen LogP contribution in [0.4, 0.5) is 4.79 Å². The van der Waals surface area contributed by atoms with E-state index in [1.807, 2.05) is 6.92 Å². The number of piperazine rings is 1. The van der Waals surface area contributed by atoms with E-state index in [4.69, 9.17) is 4.74 Å². The van der Waals surface area contributed by atoms with Gasteiger partial charge in [0, 0.05) is 25.7 Å². The molecule has 1 saturated heterocycles. The maximum absolute atomic E-state index is 12.5. The number of hydrogen-bond acceptors (Lipinski definition) is 4. The maximum Gasteiger partial charge on any atom is 0.408 e. The summed E-state index contributed by atoms with van der Waals surface area (Å²) in [7, 11) is 0. The fourth-order valence-corrected chi connectivity index (χ4v) is 2.12. The summed E-state index contributed by atoms with van der Waals surface area (Å²) in [6, 6.07) is 0.269. The first-order valence-electron chi connectivity index (χ1n) is 7.05. The number of hydrogen-bond donors (Lipinski definition) is 2. The quantitative estimate of drug-likeness (QED) is 0.797. The Hall–Kier alpha value is -1.30. The fraction of sp³-hybridized carbons (Fsp3) is 0.857. The summed E-state index contributed by atoms with van der Waals surface area (Å²) in [5.74, 6) is -0.0864. The molecule has 1 rings (SSSR count). The molecule has 6 nitrogen and oxygen atoms in total. The molecule has 0 radical (unpaired) electrons. The number of nitrogens with zero attached hydrogens (tertiary/aromatic N) is 1. The Bertz CT molecular complexity index is 374. The minimum absolute atomic E-state index is 0.0864. The molecule has 0 bridgehead atoms. The molecular formula is C14H27N3O3. The first-order valence-corrected chi connectivity index (χ1v) is 7.05. The second-order valence-corrected chi connectivity index (χ2v) is 6.86. The van der Waals surface area contributed by atoms with E-state index >= 15 is 0 Å². The lowest BCUT2D eigenvalue weighted by Gasteiger charge is -2.37. The van der Waals surface area contributed by atoms with Crippen molar-refractivity contribution in [2.45, 2.75) is 58.7 Å². The van der Waals surface area contributed by atoms with Crippen molar-refractivity contribution in [1.82, 2.24) is 15.5 Å². The van der Waals surface area contributed by atoms with Gasteiger partial charge in [0.1, 0.15) is 11.1 Å². The molecular weight excluding hydrogens is 258 g/mol. The lowest BCUT2D eigenvalue weighted by atomic mass is 10.0. The van der Waals surface area contributed by atoms with Crippen molar-refractivity contribution in [2.75, 3.05) is 19.6 Å². The average Bonchev–Trinajstić information content (AvgIpc) is 2.24. The zero-order chi connectivity index (χ0) is 15.6. The van der Waals surface area contributed by atoms with Gasteiger partial charge in [0.15, 0.2) is 0 Å². The summed E-state index contributed by atoms with van der Waals surface area (Å²) in [6.45, 7) is 12.9. The molecule has 6 heteroatoms. The number of nitrogens with one attached hydrogen (secondary N) is 2. The van der Waals surface area contributed by atoms with Crippen LogP contribution in [0.5, 0.6) is 0 Å². The summed E-state index contributed by atoms with van der Waals surface area (Å²) in [4.78, 5) is 26.1. The van der Waals surface area contributed by atoms with E-state index in [1.165, 1.54) is 0 Å². The van der Waals surface area contributed by atoms with Crippen LogP contribution < -0.4 is 10.6 Å². The lowest BCUT2D eigenvalue weighted by Crippen LogP contribution is -2.61. The van der Waals surface area contributed by atoms with E-state index in [9.17, 15) is 9.59 Å². The third-order valence-corrected chi connectivity index (χ3v) is 3.00. The molecule has 0 aliphatic carbocycles. The predicted octanol–water partition coefficient (Wildman–Crippen LogP) is 1.11. The van der Waals surface area contributed by atoms with Crippen molar-refractivity contribution in [1.29, 1.82) is 0 Å². The van der Waals surface area contributed by atoms with Gasteiger partial charge in [-0.15, -0.1) is 0 Å². The van der Waals surface area contributed by atoms with Crippen molar-refractivity contribution < 1.29 is 14.3 Å². The molecule has 2 N–H and O–H groups in total. The monoisotopic (exact) mass is 285 g/mol. The van der Waals surface area contributed by atoms with Crippen LogP contribution in [-0.4, -0.2) is 53.7 Å². The molecule has 1 heterocycles. The first-order chi connectivity index (χ1) is 9.01. The molecule has 0 saturated carbocycles. The molecule has 0 spiro atoms. The third-order valence-electron chi connectivity index (χ3n) is 3.00. The molecule has 2 amide bonds. The zero-order valence-corrected chi connectivity index (χ0v) is 13.4. The topological polar surface area (TPSA) is 70.7 Å². The Morgan fingerprint density at radius 2 is 1.85 bits per heavy atom. The molecule has 0 aromatic heterocycles. The van der Waals surface area contributed by atoms with E-state index in [2.05, 4.69) is 10.6 Å². The molecule has 0 aromatic carbocycles. The van der Waals surface area contributed by atoms with Crippen LogP contribution in [0.3, 0.4) is 0 Å². The molecule has 1 atom stereocenters. The zero-order valence-electron chi connectivity index (χ0n) is 13.4. The van der Waals surface area contributed by atoms with E-state index in [0.717, 1.165) is 6.54 Å². The van der Waals surface area contributed by atoms with Gasteiger partial charge in [0.05, 0.1) is 0 Å². The highest BCUT2D eigenvalue weighted by atomic mass is 16.6. The van der Waals surface area contributed by atoms with Crippen molar-refractivity contribution in [3.05, 3.63) is 0 Å². The second-order valence-electron chi connectivity index (χ2n) is 6.86. The number of carbonyl (C=O) groups excluding carboxylic acids is 2. The summed E-state index contributed by atoms with van der Waals surface area (Å²) in [6.07, 6.45) is -0.570. The molecule has 1 fully saturated rings. The van der Waals surface area contributed by atoms with Crippen LogP contribution in [0, 0.1) is 0 Å². The molecule has 0 aromatic rings. The normalized spacial score (nSPS) is 20.5. The highest BCUT2D eigenvalue weighted by Crippen LogP contribution is 2.13. The van der Waals surface area contributed by atoms with E-state index in [1.54, 1.807) is 39.5 Å². The Balaban J connectivity index is 2.62.